The Morgan fingerprint density at radius 2 is 1.67 bits per heavy atom. The lowest BCUT2D eigenvalue weighted by Gasteiger charge is -2.28. The third-order valence-corrected chi connectivity index (χ3v) is 6.39. The smallest absolute Gasteiger partial charge is 0.282 e. The van der Waals surface area contributed by atoms with Crippen LogP contribution in [-0.2, 0) is 4.79 Å². The SMILES string of the molecule is CC1C(C(=O)NN2CCCCC2)=NN(c2ccc(Cl)cc2Cl)C1c1ccc(Cl)cc1. The summed E-state index contributed by atoms with van der Waals surface area (Å²) in [5, 5.41) is 10.2. The van der Waals surface area contributed by atoms with Crippen LogP contribution in [0.1, 0.15) is 37.8 Å². The van der Waals surface area contributed by atoms with E-state index >= 15 is 0 Å². The minimum atomic E-state index is -0.192. The van der Waals surface area contributed by atoms with Crippen molar-refractivity contribution in [3.63, 3.8) is 0 Å². The molecule has 2 aromatic carbocycles. The molecule has 0 bridgehead atoms. The molecule has 2 atom stereocenters. The zero-order valence-corrected chi connectivity index (χ0v) is 18.9. The molecule has 2 aliphatic heterocycles. The molecule has 0 radical (unpaired) electrons. The average Bonchev–Trinajstić information content (AvgIpc) is 3.06. The Kier molecular flexibility index (Phi) is 6.54. The summed E-state index contributed by atoms with van der Waals surface area (Å²) in [6, 6.07) is 12.7. The normalized spacial score (nSPS) is 22.1. The van der Waals surface area contributed by atoms with Gasteiger partial charge in [0.15, 0.2) is 0 Å². The Balaban J connectivity index is 1.68. The Labute approximate surface area is 191 Å². The van der Waals surface area contributed by atoms with Crippen molar-refractivity contribution < 1.29 is 4.79 Å². The lowest BCUT2D eigenvalue weighted by atomic mass is 9.91. The summed E-state index contributed by atoms with van der Waals surface area (Å²) >= 11 is 18.7. The van der Waals surface area contributed by atoms with Crippen molar-refractivity contribution in [3.8, 4) is 0 Å². The number of amides is 1. The Bertz CT molecular complexity index is 957. The highest BCUT2D eigenvalue weighted by Crippen LogP contribution is 2.42. The van der Waals surface area contributed by atoms with E-state index in [0.717, 1.165) is 31.5 Å². The summed E-state index contributed by atoms with van der Waals surface area (Å²) in [5.74, 6) is -0.321. The van der Waals surface area contributed by atoms with Crippen molar-refractivity contribution in [2.75, 3.05) is 18.1 Å². The fraction of sp³-hybridized carbons (Fsp3) is 0.364. The minimum Gasteiger partial charge on any atom is -0.284 e. The Hall–Kier alpha value is -1.79. The van der Waals surface area contributed by atoms with E-state index in [0.29, 0.717) is 26.5 Å². The standard InChI is InChI=1S/C22H23Cl3N4O/c1-14-20(22(30)27-28-11-3-2-4-12-28)26-29(19-10-9-17(24)13-18(19)25)21(14)15-5-7-16(23)8-6-15/h5-10,13-14,21H,2-4,11-12H2,1H3,(H,27,30). The number of nitrogens with zero attached hydrogens (tertiary/aromatic N) is 3. The van der Waals surface area contributed by atoms with Gasteiger partial charge in [0, 0.05) is 29.1 Å². The summed E-state index contributed by atoms with van der Waals surface area (Å²) < 4.78 is 0. The predicted molar refractivity (Wildman–Crippen MR) is 123 cm³/mol. The lowest BCUT2D eigenvalue weighted by Crippen LogP contribution is -2.48. The van der Waals surface area contributed by atoms with E-state index < -0.39 is 0 Å². The van der Waals surface area contributed by atoms with Gasteiger partial charge in [-0.05, 0) is 48.7 Å². The van der Waals surface area contributed by atoms with Gasteiger partial charge in [-0.25, -0.2) is 5.01 Å². The van der Waals surface area contributed by atoms with Gasteiger partial charge in [0.2, 0.25) is 0 Å². The first-order valence-electron chi connectivity index (χ1n) is 10.1. The third kappa shape index (κ3) is 4.45. The van der Waals surface area contributed by atoms with Crippen molar-refractivity contribution in [3.05, 3.63) is 63.1 Å². The first-order valence-corrected chi connectivity index (χ1v) is 11.2. The van der Waals surface area contributed by atoms with Crippen molar-refractivity contribution in [2.45, 2.75) is 32.2 Å². The Morgan fingerprint density at radius 1 is 1.00 bits per heavy atom. The topological polar surface area (TPSA) is 47.9 Å². The highest BCUT2D eigenvalue weighted by atomic mass is 35.5. The van der Waals surface area contributed by atoms with Gasteiger partial charge in [-0.1, -0.05) is 60.3 Å². The number of hydrazone groups is 1. The van der Waals surface area contributed by atoms with Gasteiger partial charge < -0.3 is 0 Å². The molecule has 2 aliphatic rings. The van der Waals surface area contributed by atoms with Crippen molar-refractivity contribution in [1.29, 1.82) is 0 Å². The largest absolute Gasteiger partial charge is 0.284 e. The van der Waals surface area contributed by atoms with Crippen molar-refractivity contribution >= 4 is 52.1 Å². The van der Waals surface area contributed by atoms with Gasteiger partial charge in [0.05, 0.1) is 16.8 Å². The summed E-state index contributed by atoms with van der Waals surface area (Å²) in [5.41, 5.74) is 5.21. The predicted octanol–water partition coefficient (Wildman–Crippen LogP) is 5.72. The Morgan fingerprint density at radius 3 is 2.33 bits per heavy atom. The lowest BCUT2D eigenvalue weighted by molar-refractivity contribution is -0.120. The van der Waals surface area contributed by atoms with Crippen LogP contribution < -0.4 is 10.4 Å². The van der Waals surface area contributed by atoms with Crippen LogP contribution in [0.5, 0.6) is 0 Å². The number of benzene rings is 2. The van der Waals surface area contributed by atoms with Gasteiger partial charge in [0.1, 0.15) is 5.71 Å². The van der Waals surface area contributed by atoms with Crippen LogP contribution in [0, 0.1) is 5.92 Å². The van der Waals surface area contributed by atoms with Gasteiger partial charge >= 0.3 is 0 Å². The molecule has 158 valence electrons. The molecule has 2 aromatic rings. The van der Waals surface area contributed by atoms with Crippen LogP contribution >= 0.6 is 34.8 Å². The maximum atomic E-state index is 13.1. The highest BCUT2D eigenvalue weighted by Gasteiger charge is 2.40. The van der Waals surface area contributed by atoms with Crippen LogP contribution in [0.4, 0.5) is 5.69 Å². The summed E-state index contributed by atoms with van der Waals surface area (Å²) in [4.78, 5) is 13.1. The van der Waals surface area contributed by atoms with Crippen LogP contribution in [-0.4, -0.2) is 29.7 Å². The number of carbonyl (C=O) groups is 1. The average molecular weight is 466 g/mol. The highest BCUT2D eigenvalue weighted by molar-refractivity contribution is 6.41. The van der Waals surface area contributed by atoms with E-state index in [4.69, 9.17) is 39.9 Å². The number of anilines is 1. The summed E-state index contributed by atoms with van der Waals surface area (Å²) in [6.45, 7) is 3.74. The van der Waals surface area contributed by atoms with E-state index in [1.807, 2.05) is 47.3 Å². The monoisotopic (exact) mass is 464 g/mol. The first kappa shape index (κ1) is 21.4. The zero-order valence-electron chi connectivity index (χ0n) is 16.6. The van der Waals surface area contributed by atoms with Gasteiger partial charge in [-0.15, -0.1) is 0 Å². The van der Waals surface area contributed by atoms with Crippen LogP contribution in [0.15, 0.2) is 47.6 Å². The van der Waals surface area contributed by atoms with Gasteiger partial charge in [0.25, 0.3) is 5.91 Å². The minimum absolute atomic E-state index is 0.150. The van der Waals surface area contributed by atoms with Crippen molar-refractivity contribution in [1.82, 2.24) is 10.4 Å². The zero-order chi connectivity index (χ0) is 21.3. The molecule has 1 amide bonds. The molecule has 1 saturated heterocycles. The molecule has 0 aromatic heterocycles. The fourth-order valence-corrected chi connectivity index (χ4v) is 4.67. The van der Waals surface area contributed by atoms with Crippen LogP contribution in [0.2, 0.25) is 15.1 Å². The van der Waals surface area contributed by atoms with Crippen LogP contribution in [0.25, 0.3) is 0 Å². The number of hydrogen-bond acceptors (Lipinski definition) is 4. The molecule has 2 unspecified atom stereocenters. The maximum absolute atomic E-state index is 13.1. The second-order valence-corrected chi connectivity index (χ2v) is 8.98. The third-order valence-electron chi connectivity index (χ3n) is 5.60. The molecular weight excluding hydrogens is 443 g/mol. The first-order chi connectivity index (χ1) is 14.4. The number of hydrazine groups is 1. The molecule has 30 heavy (non-hydrogen) atoms. The molecule has 0 saturated carbocycles. The molecule has 0 spiro atoms. The molecule has 0 aliphatic carbocycles. The maximum Gasteiger partial charge on any atom is 0.282 e. The molecule has 8 heteroatoms. The second-order valence-electron chi connectivity index (χ2n) is 7.70. The summed E-state index contributed by atoms with van der Waals surface area (Å²) in [7, 11) is 0. The molecule has 1 N–H and O–H groups in total. The number of carbonyl (C=O) groups excluding carboxylic acids is 1. The number of halogens is 3. The molecule has 4 rings (SSSR count). The van der Waals surface area contributed by atoms with E-state index in [2.05, 4.69) is 5.43 Å². The number of nitrogens with one attached hydrogen (secondary N) is 1. The van der Waals surface area contributed by atoms with E-state index in [1.165, 1.54) is 6.42 Å². The van der Waals surface area contributed by atoms with E-state index in [1.54, 1.807) is 12.1 Å². The van der Waals surface area contributed by atoms with Gasteiger partial charge in [-0.3, -0.25) is 15.2 Å². The number of piperidine rings is 1. The fourth-order valence-electron chi connectivity index (χ4n) is 4.05. The van der Waals surface area contributed by atoms with Crippen LogP contribution in [0.3, 0.4) is 0 Å². The van der Waals surface area contributed by atoms with Crippen molar-refractivity contribution in [2.24, 2.45) is 11.0 Å². The van der Waals surface area contributed by atoms with E-state index in [-0.39, 0.29) is 17.9 Å². The molecule has 2 heterocycles. The number of rotatable bonds is 4. The number of hydrogen-bond donors (Lipinski definition) is 1. The van der Waals surface area contributed by atoms with Gasteiger partial charge in [-0.2, -0.15) is 5.10 Å². The molecular formula is C22H23Cl3N4O. The quantitative estimate of drug-likeness (QED) is 0.628. The second kappa shape index (κ2) is 9.15. The summed E-state index contributed by atoms with van der Waals surface area (Å²) in [6.07, 6.45) is 3.37. The molecule has 1 fully saturated rings. The van der Waals surface area contributed by atoms with E-state index in [9.17, 15) is 4.79 Å². The molecule has 5 nitrogen and oxygen atoms in total.